The second-order valence-electron chi connectivity index (χ2n) is 5.80. The molecule has 3 aromatic rings. The van der Waals surface area contributed by atoms with Gasteiger partial charge in [0.25, 0.3) is 0 Å². The van der Waals surface area contributed by atoms with Crippen LogP contribution in [0.4, 0.5) is 5.69 Å². The summed E-state index contributed by atoms with van der Waals surface area (Å²) >= 11 is 1.53. The van der Waals surface area contributed by atoms with Crippen molar-refractivity contribution in [2.75, 3.05) is 17.1 Å². The zero-order chi connectivity index (χ0) is 16.7. The molecule has 4 rings (SSSR count). The predicted octanol–water partition coefficient (Wildman–Crippen LogP) is 3.78. The van der Waals surface area contributed by atoms with E-state index in [9.17, 15) is 8.42 Å². The number of thiazole rings is 1. The van der Waals surface area contributed by atoms with Crippen molar-refractivity contribution >= 4 is 27.0 Å². The van der Waals surface area contributed by atoms with Gasteiger partial charge in [-0.1, -0.05) is 6.07 Å². The Kier molecular flexibility index (Phi) is 3.69. The van der Waals surface area contributed by atoms with E-state index in [1.54, 1.807) is 6.26 Å². The van der Waals surface area contributed by atoms with E-state index in [0.717, 1.165) is 46.1 Å². The van der Waals surface area contributed by atoms with E-state index >= 15 is 0 Å². The van der Waals surface area contributed by atoms with Crippen molar-refractivity contribution in [3.8, 4) is 22.0 Å². The molecule has 1 aliphatic heterocycles. The normalized spacial score (nSPS) is 14.6. The molecule has 1 aromatic carbocycles. The van der Waals surface area contributed by atoms with Gasteiger partial charge in [0, 0.05) is 17.5 Å². The minimum Gasteiger partial charge on any atom is -0.462 e. The smallest absolute Gasteiger partial charge is 0.232 e. The third-order valence-electron chi connectivity index (χ3n) is 4.09. The van der Waals surface area contributed by atoms with E-state index in [2.05, 4.69) is 4.98 Å². The number of nitrogens with zero attached hydrogens (tertiary/aromatic N) is 2. The van der Waals surface area contributed by atoms with Gasteiger partial charge < -0.3 is 4.42 Å². The highest BCUT2D eigenvalue weighted by Gasteiger charge is 2.24. The molecule has 7 heteroatoms. The van der Waals surface area contributed by atoms with E-state index in [1.165, 1.54) is 21.9 Å². The number of aryl methyl sites for hydroxylation is 1. The van der Waals surface area contributed by atoms with Crippen LogP contribution in [0.1, 0.15) is 12.0 Å². The fourth-order valence-electron chi connectivity index (χ4n) is 2.99. The largest absolute Gasteiger partial charge is 0.462 e. The molecule has 0 spiro atoms. The van der Waals surface area contributed by atoms with Crippen molar-refractivity contribution in [1.82, 2.24) is 4.98 Å². The van der Waals surface area contributed by atoms with Crippen LogP contribution in [0.3, 0.4) is 0 Å². The van der Waals surface area contributed by atoms with Gasteiger partial charge in [-0.25, -0.2) is 13.4 Å². The third kappa shape index (κ3) is 2.74. The van der Waals surface area contributed by atoms with Crippen LogP contribution < -0.4 is 4.31 Å². The number of furan rings is 1. The van der Waals surface area contributed by atoms with Crippen LogP contribution >= 0.6 is 11.3 Å². The first kappa shape index (κ1) is 15.4. The Morgan fingerprint density at radius 1 is 1.29 bits per heavy atom. The van der Waals surface area contributed by atoms with Crippen LogP contribution in [-0.2, 0) is 16.4 Å². The summed E-state index contributed by atoms with van der Waals surface area (Å²) < 4.78 is 30.8. The monoisotopic (exact) mass is 360 g/mol. The first-order valence-corrected chi connectivity index (χ1v) is 10.4. The predicted molar refractivity (Wildman–Crippen MR) is 95.8 cm³/mol. The van der Waals surface area contributed by atoms with Crippen molar-refractivity contribution in [2.24, 2.45) is 0 Å². The lowest BCUT2D eigenvalue weighted by atomic mass is 10.00. The minimum atomic E-state index is -3.23. The lowest BCUT2D eigenvalue weighted by Crippen LogP contribution is -2.34. The van der Waals surface area contributed by atoms with Crippen LogP contribution in [0.25, 0.3) is 22.0 Å². The van der Waals surface area contributed by atoms with E-state index in [0.29, 0.717) is 6.54 Å². The summed E-state index contributed by atoms with van der Waals surface area (Å²) in [5, 5.41) is 2.84. The Hall–Kier alpha value is -2.12. The second kappa shape index (κ2) is 5.75. The highest BCUT2D eigenvalue weighted by molar-refractivity contribution is 7.92. The molecule has 124 valence electrons. The van der Waals surface area contributed by atoms with E-state index in [1.807, 2.05) is 35.7 Å². The van der Waals surface area contributed by atoms with Crippen LogP contribution in [0.5, 0.6) is 0 Å². The number of anilines is 1. The summed E-state index contributed by atoms with van der Waals surface area (Å²) in [6, 6.07) is 9.60. The average Bonchev–Trinajstić information content (AvgIpc) is 3.23. The van der Waals surface area contributed by atoms with Gasteiger partial charge in [-0.3, -0.25) is 4.31 Å². The Morgan fingerprint density at radius 3 is 2.92 bits per heavy atom. The molecule has 1 aliphatic rings. The van der Waals surface area contributed by atoms with Gasteiger partial charge in [0.05, 0.1) is 23.9 Å². The Balaban J connectivity index is 1.71. The minimum absolute atomic E-state index is 0.546. The highest BCUT2D eigenvalue weighted by atomic mass is 32.2. The molecule has 0 radical (unpaired) electrons. The molecule has 0 fully saturated rings. The Morgan fingerprint density at radius 2 is 2.17 bits per heavy atom. The molecular weight excluding hydrogens is 344 g/mol. The highest BCUT2D eigenvalue weighted by Crippen LogP contribution is 2.34. The summed E-state index contributed by atoms with van der Waals surface area (Å²) in [4.78, 5) is 4.63. The van der Waals surface area contributed by atoms with Crippen LogP contribution in [0.15, 0.2) is 46.4 Å². The SMILES string of the molecule is CS(=O)(=O)N1CCCc2cc(-c3csc(-c4ccco4)n3)ccc21. The zero-order valence-electron chi connectivity index (χ0n) is 13.1. The first-order valence-electron chi connectivity index (χ1n) is 7.63. The van der Waals surface area contributed by atoms with Crippen molar-refractivity contribution in [3.05, 3.63) is 47.5 Å². The van der Waals surface area contributed by atoms with Gasteiger partial charge in [0.15, 0.2) is 10.8 Å². The number of benzene rings is 1. The standard InChI is InChI=1S/C17H16N2O3S2/c1-24(20,21)19-8-2-4-13-10-12(6-7-15(13)19)14-11-23-17(18-14)16-5-3-9-22-16/h3,5-7,9-11H,2,4,8H2,1H3. The van der Waals surface area contributed by atoms with Crippen LogP contribution in [0, 0.1) is 0 Å². The van der Waals surface area contributed by atoms with Crippen LogP contribution in [0.2, 0.25) is 0 Å². The van der Waals surface area contributed by atoms with E-state index < -0.39 is 10.0 Å². The topological polar surface area (TPSA) is 63.4 Å². The number of rotatable bonds is 3. The van der Waals surface area contributed by atoms with E-state index in [-0.39, 0.29) is 0 Å². The number of hydrogen-bond donors (Lipinski definition) is 0. The number of hydrogen-bond acceptors (Lipinski definition) is 5. The summed E-state index contributed by atoms with van der Waals surface area (Å²) in [6.07, 6.45) is 4.60. The molecule has 0 saturated heterocycles. The maximum Gasteiger partial charge on any atom is 0.232 e. The molecular formula is C17H16N2O3S2. The second-order valence-corrected chi connectivity index (χ2v) is 8.56. The molecule has 0 aliphatic carbocycles. The molecule has 3 heterocycles. The van der Waals surface area contributed by atoms with Gasteiger partial charge in [-0.15, -0.1) is 11.3 Å². The quantitative estimate of drug-likeness (QED) is 0.713. The lowest BCUT2D eigenvalue weighted by molar-refractivity contribution is 0.582. The molecule has 0 N–H and O–H groups in total. The Labute approximate surface area is 144 Å². The number of fused-ring (bicyclic) bond motifs is 1. The fourth-order valence-corrected chi connectivity index (χ4v) is 4.78. The van der Waals surface area contributed by atoms with Gasteiger partial charge >= 0.3 is 0 Å². The molecule has 0 saturated carbocycles. The summed E-state index contributed by atoms with van der Waals surface area (Å²) in [6.45, 7) is 0.546. The first-order chi connectivity index (χ1) is 11.5. The van der Waals surface area contributed by atoms with Gasteiger partial charge in [-0.2, -0.15) is 0 Å². The molecule has 24 heavy (non-hydrogen) atoms. The van der Waals surface area contributed by atoms with Crippen molar-refractivity contribution in [1.29, 1.82) is 0 Å². The van der Waals surface area contributed by atoms with Gasteiger partial charge in [-0.05, 0) is 42.7 Å². The maximum absolute atomic E-state index is 11.9. The average molecular weight is 360 g/mol. The number of aromatic nitrogens is 1. The molecule has 2 aromatic heterocycles. The van der Waals surface area contributed by atoms with Crippen molar-refractivity contribution in [3.63, 3.8) is 0 Å². The zero-order valence-corrected chi connectivity index (χ0v) is 14.7. The van der Waals surface area contributed by atoms with Crippen molar-refractivity contribution in [2.45, 2.75) is 12.8 Å². The molecule has 0 unspecified atom stereocenters. The molecule has 5 nitrogen and oxygen atoms in total. The molecule has 0 atom stereocenters. The Bertz CT molecular complexity index is 975. The fraction of sp³-hybridized carbons (Fsp3) is 0.235. The van der Waals surface area contributed by atoms with Gasteiger partial charge in [0.1, 0.15) is 0 Å². The van der Waals surface area contributed by atoms with Crippen LogP contribution in [-0.4, -0.2) is 26.2 Å². The van der Waals surface area contributed by atoms with Crippen molar-refractivity contribution < 1.29 is 12.8 Å². The molecule has 0 amide bonds. The maximum atomic E-state index is 11.9. The summed E-state index contributed by atoms with van der Waals surface area (Å²) in [5.41, 5.74) is 3.72. The summed E-state index contributed by atoms with van der Waals surface area (Å²) in [5.74, 6) is 0.757. The molecule has 0 bridgehead atoms. The summed E-state index contributed by atoms with van der Waals surface area (Å²) in [7, 11) is -3.23. The van der Waals surface area contributed by atoms with E-state index in [4.69, 9.17) is 4.42 Å². The lowest BCUT2D eigenvalue weighted by Gasteiger charge is -2.29. The third-order valence-corrected chi connectivity index (χ3v) is 6.12. The van der Waals surface area contributed by atoms with Gasteiger partial charge in [0.2, 0.25) is 10.0 Å². The number of sulfonamides is 1.